The van der Waals surface area contributed by atoms with Crippen molar-refractivity contribution in [3.05, 3.63) is 47.7 Å². The standard InChI is InChI=1S/C21H25N5O4/c27-19(24-29)7-6-15-4-1-2-5-18(15)25-11-8-16(9-12-25)23-20(28)17-14-22-26-10-3-13-30-21(17)26/h1-2,4-7,14,16,29H,3,8-13H2,(H,23,28)(H,24,27). The number of para-hydroxylation sites is 1. The molecule has 1 saturated heterocycles. The summed E-state index contributed by atoms with van der Waals surface area (Å²) in [6.07, 6.45) is 7.07. The molecule has 0 atom stereocenters. The SMILES string of the molecule is O=C(C=Cc1ccccc1N1CCC(NC(=O)c2cnn3c2OCCC3)CC1)NO. The number of benzene rings is 1. The van der Waals surface area contributed by atoms with Gasteiger partial charge in [-0.1, -0.05) is 18.2 Å². The number of amides is 2. The minimum absolute atomic E-state index is 0.0794. The zero-order valence-corrected chi connectivity index (χ0v) is 16.6. The molecule has 0 bridgehead atoms. The van der Waals surface area contributed by atoms with Gasteiger partial charge in [0.05, 0.1) is 12.8 Å². The third-order valence-electron chi connectivity index (χ3n) is 5.42. The van der Waals surface area contributed by atoms with Crippen LogP contribution in [0.4, 0.5) is 5.69 Å². The number of ether oxygens (including phenoxy) is 1. The summed E-state index contributed by atoms with van der Waals surface area (Å²) < 4.78 is 7.36. The summed E-state index contributed by atoms with van der Waals surface area (Å²) in [4.78, 5) is 26.2. The average molecular weight is 411 g/mol. The molecular formula is C21H25N5O4. The number of aryl methyl sites for hydroxylation is 1. The largest absolute Gasteiger partial charge is 0.477 e. The van der Waals surface area contributed by atoms with Gasteiger partial charge in [0.1, 0.15) is 5.56 Å². The summed E-state index contributed by atoms with van der Waals surface area (Å²) >= 11 is 0. The molecule has 4 rings (SSSR count). The molecule has 2 aromatic rings. The lowest BCUT2D eigenvalue weighted by Crippen LogP contribution is -2.45. The predicted octanol–water partition coefficient (Wildman–Crippen LogP) is 1.58. The van der Waals surface area contributed by atoms with Gasteiger partial charge in [-0.15, -0.1) is 0 Å². The van der Waals surface area contributed by atoms with Crippen molar-refractivity contribution in [3.8, 4) is 5.88 Å². The maximum atomic E-state index is 12.7. The van der Waals surface area contributed by atoms with E-state index in [2.05, 4.69) is 15.3 Å². The predicted molar refractivity (Wildman–Crippen MR) is 110 cm³/mol. The number of hydrogen-bond acceptors (Lipinski definition) is 6. The Morgan fingerprint density at radius 3 is 2.80 bits per heavy atom. The first kappa shape index (κ1) is 20.0. The number of fused-ring (bicyclic) bond motifs is 1. The zero-order valence-electron chi connectivity index (χ0n) is 16.6. The highest BCUT2D eigenvalue weighted by Crippen LogP contribution is 2.26. The van der Waals surface area contributed by atoms with Gasteiger partial charge in [0.15, 0.2) is 0 Å². The third kappa shape index (κ3) is 4.30. The number of rotatable bonds is 5. The summed E-state index contributed by atoms with van der Waals surface area (Å²) in [6.45, 7) is 2.95. The fourth-order valence-corrected chi connectivity index (χ4v) is 3.87. The van der Waals surface area contributed by atoms with E-state index in [-0.39, 0.29) is 11.9 Å². The Bertz CT molecular complexity index is 947. The zero-order chi connectivity index (χ0) is 20.9. The van der Waals surface area contributed by atoms with E-state index < -0.39 is 5.91 Å². The molecule has 2 aliphatic heterocycles. The molecule has 2 aliphatic rings. The smallest absolute Gasteiger partial charge is 0.267 e. The third-order valence-corrected chi connectivity index (χ3v) is 5.42. The first-order valence-electron chi connectivity index (χ1n) is 10.1. The molecule has 0 aliphatic carbocycles. The van der Waals surface area contributed by atoms with E-state index in [1.54, 1.807) is 22.4 Å². The van der Waals surface area contributed by atoms with Crippen molar-refractivity contribution in [1.29, 1.82) is 0 Å². The van der Waals surface area contributed by atoms with Gasteiger partial charge >= 0.3 is 0 Å². The highest BCUT2D eigenvalue weighted by molar-refractivity contribution is 5.96. The second-order valence-corrected chi connectivity index (χ2v) is 7.39. The molecule has 1 fully saturated rings. The van der Waals surface area contributed by atoms with E-state index in [4.69, 9.17) is 9.94 Å². The van der Waals surface area contributed by atoms with Crippen molar-refractivity contribution < 1.29 is 19.5 Å². The maximum Gasteiger partial charge on any atom is 0.267 e. The summed E-state index contributed by atoms with van der Waals surface area (Å²) in [5.74, 6) is -0.156. The Morgan fingerprint density at radius 2 is 2.00 bits per heavy atom. The van der Waals surface area contributed by atoms with Crippen LogP contribution < -0.4 is 20.4 Å². The second-order valence-electron chi connectivity index (χ2n) is 7.39. The van der Waals surface area contributed by atoms with Gasteiger partial charge in [-0.25, -0.2) is 10.2 Å². The molecule has 158 valence electrons. The van der Waals surface area contributed by atoms with Gasteiger partial charge in [-0.05, 0) is 30.5 Å². The Morgan fingerprint density at radius 1 is 1.20 bits per heavy atom. The lowest BCUT2D eigenvalue weighted by atomic mass is 10.0. The normalized spacial score (nSPS) is 16.8. The van der Waals surface area contributed by atoms with Gasteiger partial charge in [0, 0.05) is 43.9 Å². The minimum Gasteiger partial charge on any atom is -0.477 e. The van der Waals surface area contributed by atoms with Crippen LogP contribution in [-0.4, -0.2) is 52.5 Å². The number of aromatic nitrogens is 2. The second kappa shape index (κ2) is 9.00. The number of nitrogens with one attached hydrogen (secondary N) is 2. The van der Waals surface area contributed by atoms with Crippen LogP contribution in [0.15, 0.2) is 36.5 Å². The number of piperidine rings is 1. The number of carbonyl (C=O) groups is 2. The van der Waals surface area contributed by atoms with Crippen LogP contribution in [0.5, 0.6) is 5.88 Å². The first-order valence-corrected chi connectivity index (χ1v) is 10.1. The molecule has 2 amide bonds. The Balaban J connectivity index is 1.37. The highest BCUT2D eigenvalue weighted by atomic mass is 16.5. The van der Waals surface area contributed by atoms with Gasteiger partial charge in [0.25, 0.3) is 11.8 Å². The average Bonchev–Trinajstić information content (AvgIpc) is 3.22. The number of nitrogens with zero attached hydrogens (tertiary/aromatic N) is 3. The van der Waals surface area contributed by atoms with Crippen molar-refractivity contribution in [2.45, 2.75) is 31.8 Å². The lowest BCUT2D eigenvalue weighted by Gasteiger charge is -2.34. The topological polar surface area (TPSA) is 109 Å². The molecule has 0 radical (unpaired) electrons. The maximum absolute atomic E-state index is 12.7. The van der Waals surface area contributed by atoms with Gasteiger partial charge in [-0.2, -0.15) is 5.10 Å². The molecule has 9 heteroatoms. The summed E-state index contributed by atoms with van der Waals surface area (Å²) in [7, 11) is 0. The first-order chi connectivity index (χ1) is 14.7. The molecular weight excluding hydrogens is 386 g/mol. The Hall–Kier alpha value is -3.33. The van der Waals surface area contributed by atoms with Crippen molar-refractivity contribution >= 4 is 23.6 Å². The van der Waals surface area contributed by atoms with Gasteiger partial charge in [-0.3, -0.25) is 14.8 Å². The number of hydrogen-bond donors (Lipinski definition) is 3. The summed E-state index contributed by atoms with van der Waals surface area (Å²) in [5, 5.41) is 16.0. The number of anilines is 1. The van der Waals surface area contributed by atoms with E-state index in [0.29, 0.717) is 18.1 Å². The van der Waals surface area contributed by atoms with Crippen LogP contribution in [0.3, 0.4) is 0 Å². The number of carbonyl (C=O) groups excluding carboxylic acids is 2. The van der Waals surface area contributed by atoms with E-state index in [1.807, 2.05) is 24.3 Å². The molecule has 30 heavy (non-hydrogen) atoms. The molecule has 0 saturated carbocycles. The van der Waals surface area contributed by atoms with Crippen LogP contribution in [-0.2, 0) is 11.3 Å². The van der Waals surface area contributed by atoms with Gasteiger partial charge < -0.3 is 15.0 Å². The molecule has 0 spiro atoms. The molecule has 9 nitrogen and oxygen atoms in total. The van der Waals surface area contributed by atoms with Crippen LogP contribution in [0.25, 0.3) is 6.08 Å². The van der Waals surface area contributed by atoms with Crippen LogP contribution in [0, 0.1) is 0 Å². The van der Waals surface area contributed by atoms with E-state index in [9.17, 15) is 9.59 Å². The molecule has 3 N–H and O–H groups in total. The minimum atomic E-state index is -0.572. The van der Waals surface area contributed by atoms with Gasteiger partial charge in [0.2, 0.25) is 5.88 Å². The summed E-state index contributed by atoms with van der Waals surface area (Å²) in [6, 6.07) is 7.87. The van der Waals surface area contributed by atoms with Crippen LogP contribution in [0.2, 0.25) is 0 Å². The van der Waals surface area contributed by atoms with Crippen molar-refractivity contribution in [3.63, 3.8) is 0 Å². The molecule has 1 aromatic heterocycles. The van der Waals surface area contributed by atoms with E-state index in [1.165, 1.54) is 6.08 Å². The molecule has 1 aromatic carbocycles. The Kier molecular flexibility index (Phi) is 5.99. The fourth-order valence-electron chi connectivity index (χ4n) is 3.87. The van der Waals surface area contributed by atoms with E-state index in [0.717, 1.165) is 50.1 Å². The van der Waals surface area contributed by atoms with Crippen LogP contribution in [0.1, 0.15) is 35.2 Å². The monoisotopic (exact) mass is 411 g/mol. The lowest BCUT2D eigenvalue weighted by molar-refractivity contribution is -0.124. The quantitative estimate of drug-likeness (QED) is 0.392. The van der Waals surface area contributed by atoms with E-state index >= 15 is 0 Å². The van der Waals surface area contributed by atoms with Crippen molar-refractivity contribution in [1.82, 2.24) is 20.6 Å². The molecule has 0 unspecified atom stereocenters. The summed E-state index contributed by atoms with van der Waals surface area (Å²) in [5.41, 5.74) is 4.00. The number of hydroxylamine groups is 1. The van der Waals surface area contributed by atoms with Crippen LogP contribution >= 0.6 is 0 Å². The molecule has 3 heterocycles. The van der Waals surface area contributed by atoms with Crippen molar-refractivity contribution in [2.24, 2.45) is 0 Å². The highest BCUT2D eigenvalue weighted by Gasteiger charge is 2.26. The fraction of sp³-hybridized carbons (Fsp3) is 0.381. The van der Waals surface area contributed by atoms with Crippen molar-refractivity contribution in [2.75, 3.05) is 24.6 Å². The Labute approximate surface area is 174 Å².